The van der Waals surface area contributed by atoms with Gasteiger partial charge in [0.05, 0.1) is 0 Å². The van der Waals surface area contributed by atoms with Crippen LogP contribution in [0, 0.1) is 0 Å². The molecule has 0 radical (unpaired) electrons. The number of carbonyl (C=O) groups excluding carboxylic acids is 1. The molecule has 1 aliphatic heterocycles. The third-order valence-electron chi connectivity index (χ3n) is 3.99. The van der Waals surface area contributed by atoms with Crippen molar-refractivity contribution in [1.82, 2.24) is 10.2 Å². The fourth-order valence-corrected chi connectivity index (χ4v) is 2.93. The van der Waals surface area contributed by atoms with E-state index in [9.17, 15) is 4.79 Å². The van der Waals surface area contributed by atoms with Crippen LogP contribution in [0.2, 0.25) is 0 Å². The molecule has 116 valence electrons. The minimum Gasteiger partial charge on any atom is -0.352 e. The van der Waals surface area contributed by atoms with Gasteiger partial charge in [0.2, 0.25) is 5.91 Å². The van der Waals surface area contributed by atoms with Crippen LogP contribution in [-0.4, -0.2) is 36.0 Å². The van der Waals surface area contributed by atoms with Crippen molar-refractivity contribution in [2.75, 3.05) is 13.1 Å². The third-order valence-corrected chi connectivity index (χ3v) is 3.99. The van der Waals surface area contributed by atoms with Crippen molar-refractivity contribution in [1.29, 1.82) is 0 Å². The van der Waals surface area contributed by atoms with Crippen molar-refractivity contribution in [2.45, 2.75) is 51.2 Å². The summed E-state index contributed by atoms with van der Waals surface area (Å²) in [6, 6.07) is 10.7. The molecule has 1 aliphatic rings. The number of nitrogens with zero attached hydrogens (tertiary/aromatic N) is 1. The molecule has 1 fully saturated rings. The number of nitrogens with one attached hydrogen (secondary N) is 1. The van der Waals surface area contributed by atoms with Crippen LogP contribution in [0.1, 0.15) is 38.2 Å². The Balaban J connectivity index is 1.71. The second-order valence-corrected chi connectivity index (χ2v) is 6.03. The van der Waals surface area contributed by atoms with Gasteiger partial charge in [0, 0.05) is 38.1 Å². The van der Waals surface area contributed by atoms with Crippen LogP contribution in [0.3, 0.4) is 0 Å². The quantitative estimate of drug-likeness (QED) is 0.806. The van der Waals surface area contributed by atoms with Crippen LogP contribution in [0.15, 0.2) is 30.3 Å². The highest BCUT2D eigenvalue weighted by molar-refractivity contribution is 5.76. The van der Waals surface area contributed by atoms with Crippen molar-refractivity contribution < 1.29 is 4.79 Å². The van der Waals surface area contributed by atoms with Crippen LogP contribution in [0.4, 0.5) is 0 Å². The van der Waals surface area contributed by atoms with E-state index < -0.39 is 0 Å². The lowest BCUT2D eigenvalue weighted by atomic mass is 10.1. The number of carbonyl (C=O) groups is 1. The summed E-state index contributed by atoms with van der Waals surface area (Å²) in [4.78, 5) is 14.3. The molecule has 4 heteroatoms. The Morgan fingerprint density at radius 2 is 2.19 bits per heavy atom. The molecule has 0 bridgehead atoms. The molecule has 2 atom stereocenters. The molecule has 0 aromatic heterocycles. The average Bonchev–Trinajstić information content (AvgIpc) is 2.87. The predicted octanol–water partition coefficient (Wildman–Crippen LogP) is 1.89. The predicted molar refractivity (Wildman–Crippen MR) is 85.8 cm³/mol. The van der Waals surface area contributed by atoms with Crippen LogP contribution >= 0.6 is 0 Å². The van der Waals surface area contributed by atoms with Gasteiger partial charge in [-0.05, 0) is 18.4 Å². The van der Waals surface area contributed by atoms with Crippen molar-refractivity contribution in [3.05, 3.63) is 35.9 Å². The SMILES string of the molecule is CCCC(N)CC(=O)NC1CCN(Cc2ccccc2)C1. The van der Waals surface area contributed by atoms with Crippen molar-refractivity contribution in [2.24, 2.45) is 5.73 Å². The van der Waals surface area contributed by atoms with Gasteiger partial charge in [-0.2, -0.15) is 0 Å². The van der Waals surface area contributed by atoms with Crippen molar-refractivity contribution in [3.63, 3.8) is 0 Å². The number of hydrogen-bond acceptors (Lipinski definition) is 3. The van der Waals surface area contributed by atoms with Crippen LogP contribution < -0.4 is 11.1 Å². The first-order valence-corrected chi connectivity index (χ1v) is 7.98. The summed E-state index contributed by atoms with van der Waals surface area (Å²) < 4.78 is 0. The largest absolute Gasteiger partial charge is 0.352 e. The van der Waals surface area contributed by atoms with Gasteiger partial charge in [0.15, 0.2) is 0 Å². The van der Waals surface area contributed by atoms with E-state index in [4.69, 9.17) is 5.73 Å². The normalized spacial score (nSPS) is 20.4. The van der Waals surface area contributed by atoms with Gasteiger partial charge in [-0.25, -0.2) is 0 Å². The summed E-state index contributed by atoms with van der Waals surface area (Å²) in [7, 11) is 0. The summed E-state index contributed by atoms with van der Waals surface area (Å²) in [6.45, 7) is 5.03. The van der Waals surface area contributed by atoms with Crippen molar-refractivity contribution >= 4 is 5.91 Å². The van der Waals surface area contributed by atoms with Gasteiger partial charge >= 0.3 is 0 Å². The van der Waals surface area contributed by atoms with Gasteiger partial charge in [-0.1, -0.05) is 43.7 Å². The third kappa shape index (κ3) is 5.48. The first-order chi connectivity index (χ1) is 10.2. The number of nitrogens with two attached hydrogens (primary N) is 1. The molecule has 1 aromatic carbocycles. The monoisotopic (exact) mass is 289 g/mol. The average molecular weight is 289 g/mol. The molecule has 2 rings (SSSR count). The fourth-order valence-electron chi connectivity index (χ4n) is 2.93. The van der Waals surface area contributed by atoms with Crippen molar-refractivity contribution in [3.8, 4) is 0 Å². The Bertz CT molecular complexity index is 435. The second kappa shape index (κ2) is 8.15. The van der Waals surface area contributed by atoms with Gasteiger partial charge in [0.25, 0.3) is 0 Å². The highest BCUT2D eigenvalue weighted by Gasteiger charge is 2.24. The molecular weight excluding hydrogens is 262 g/mol. The Morgan fingerprint density at radius 3 is 2.90 bits per heavy atom. The van der Waals surface area contributed by atoms with Gasteiger partial charge in [0.1, 0.15) is 0 Å². The number of benzene rings is 1. The summed E-state index contributed by atoms with van der Waals surface area (Å²) in [6.07, 6.45) is 3.42. The lowest BCUT2D eigenvalue weighted by molar-refractivity contribution is -0.122. The van der Waals surface area contributed by atoms with Crippen LogP contribution in [-0.2, 0) is 11.3 Å². The van der Waals surface area contributed by atoms with Gasteiger partial charge < -0.3 is 11.1 Å². The number of rotatable bonds is 7. The standard InChI is InChI=1S/C17H27N3O/c1-2-6-15(18)11-17(21)19-16-9-10-20(13-16)12-14-7-4-3-5-8-14/h3-5,7-8,15-16H,2,6,9-13,18H2,1H3,(H,19,21). The molecule has 2 unspecified atom stereocenters. The molecular formula is C17H27N3O. The summed E-state index contributed by atoms with van der Waals surface area (Å²) in [5, 5.41) is 3.12. The Labute approximate surface area is 127 Å². The minimum atomic E-state index is -0.00294. The summed E-state index contributed by atoms with van der Waals surface area (Å²) in [5.41, 5.74) is 7.25. The fraction of sp³-hybridized carbons (Fsp3) is 0.588. The number of likely N-dealkylation sites (tertiary alicyclic amines) is 1. The highest BCUT2D eigenvalue weighted by Crippen LogP contribution is 2.13. The van der Waals surface area contributed by atoms with Gasteiger partial charge in [-0.3, -0.25) is 9.69 Å². The summed E-state index contributed by atoms with van der Waals surface area (Å²) >= 11 is 0. The lowest BCUT2D eigenvalue weighted by Gasteiger charge is -2.17. The van der Waals surface area contributed by atoms with Gasteiger partial charge in [-0.15, -0.1) is 0 Å². The van der Waals surface area contributed by atoms with E-state index >= 15 is 0 Å². The zero-order chi connectivity index (χ0) is 15.1. The number of amides is 1. The maximum absolute atomic E-state index is 11.9. The molecule has 0 saturated carbocycles. The molecule has 0 spiro atoms. The Morgan fingerprint density at radius 1 is 1.43 bits per heavy atom. The summed E-state index contributed by atoms with van der Waals surface area (Å²) in [5.74, 6) is 0.0995. The van der Waals surface area contributed by atoms with E-state index in [0.717, 1.165) is 38.9 Å². The minimum absolute atomic E-state index is 0.00294. The van der Waals surface area contributed by atoms with Crippen LogP contribution in [0.25, 0.3) is 0 Å². The maximum Gasteiger partial charge on any atom is 0.221 e. The zero-order valence-corrected chi connectivity index (χ0v) is 12.9. The molecule has 1 saturated heterocycles. The van der Waals surface area contributed by atoms with E-state index in [0.29, 0.717) is 6.42 Å². The van der Waals surface area contributed by atoms with E-state index in [-0.39, 0.29) is 18.0 Å². The zero-order valence-electron chi connectivity index (χ0n) is 12.9. The smallest absolute Gasteiger partial charge is 0.221 e. The Kier molecular flexibility index (Phi) is 6.21. The van der Waals surface area contributed by atoms with E-state index in [1.807, 2.05) is 6.07 Å². The second-order valence-electron chi connectivity index (χ2n) is 6.03. The topological polar surface area (TPSA) is 58.4 Å². The van der Waals surface area contributed by atoms with E-state index in [1.165, 1.54) is 5.56 Å². The molecule has 0 aliphatic carbocycles. The van der Waals surface area contributed by atoms with E-state index in [1.54, 1.807) is 0 Å². The Hall–Kier alpha value is -1.39. The highest BCUT2D eigenvalue weighted by atomic mass is 16.1. The van der Waals surface area contributed by atoms with Crippen LogP contribution in [0.5, 0.6) is 0 Å². The molecule has 4 nitrogen and oxygen atoms in total. The first-order valence-electron chi connectivity index (χ1n) is 7.98. The molecule has 21 heavy (non-hydrogen) atoms. The maximum atomic E-state index is 11.9. The number of hydrogen-bond donors (Lipinski definition) is 2. The molecule has 1 amide bonds. The van der Waals surface area contributed by atoms with E-state index in [2.05, 4.69) is 41.4 Å². The first kappa shape index (κ1) is 16.0. The lowest BCUT2D eigenvalue weighted by Crippen LogP contribution is -2.39. The molecule has 1 heterocycles. The molecule has 3 N–H and O–H groups in total. The molecule has 1 aromatic rings.